The third-order valence-corrected chi connectivity index (χ3v) is 3.46. The minimum absolute atomic E-state index is 0.0969. The Morgan fingerprint density at radius 3 is 2.50 bits per heavy atom. The fourth-order valence-corrected chi connectivity index (χ4v) is 2.32. The van der Waals surface area contributed by atoms with Gasteiger partial charge in [0.2, 0.25) is 0 Å². The van der Waals surface area contributed by atoms with Crippen LogP contribution in [0.2, 0.25) is 0 Å². The minimum Gasteiger partial charge on any atom is -0.383 e. The van der Waals surface area contributed by atoms with Gasteiger partial charge in [-0.15, -0.1) is 0 Å². The molecule has 0 aromatic heterocycles. The SMILES string of the molecule is COCCNC(C)C(C)c1c(C)cc(C)cc1F. The lowest BCUT2D eigenvalue weighted by Crippen LogP contribution is -2.34. The van der Waals surface area contributed by atoms with Gasteiger partial charge >= 0.3 is 0 Å². The molecule has 2 atom stereocenters. The Balaban J connectivity index is 2.80. The second-order valence-electron chi connectivity index (χ2n) is 5.00. The molecule has 1 N–H and O–H groups in total. The number of ether oxygens (including phenoxy) is 1. The molecule has 2 nitrogen and oxygen atoms in total. The van der Waals surface area contributed by atoms with Gasteiger partial charge in [0, 0.05) is 19.7 Å². The maximum absolute atomic E-state index is 14.1. The number of methoxy groups -OCH3 is 1. The molecular weight excluding hydrogens is 229 g/mol. The molecule has 0 bridgehead atoms. The standard InChI is InChI=1S/C15H24FNO/c1-10-8-11(2)15(14(16)9-10)12(3)13(4)17-6-7-18-5/h8-9,12-13,17H,6-7H2,1-5H3. The number of hydrogen-bond acceptors (Lipinski definition) is 2. The zero-order valence-corrected chi connectivity index (χ0v) is 12.0. The number of halogens is 1. The van der Waals surface area contributed by atoms with Crippen molar-refractivity contribution in [2.45, 2.75) is 39.7 Å². The lowest BCUT2D eigenvalue weighted by molar-refractivity contribution is 0.195. The second-order valence-corrected chi connectivity index (χ2v) is 5.00. The minimum atomic E-state index is -0.0969. The van der Waals surface area contributed by atoms with Crippen LogP contribution in [0.4, 0.5) is 4.39 Å². The molecule has 0 saturated heterocycles. The van der Waals surface area contributed by atoms with Crippen LogP contribution in [0.3, 0.4) is 0 Å². The molecule has 1 rings (SSSR count). The van der Waals surface area contributed by atoms with Crippen molar-refractivity contribution in [3.05, 3.63) is 34.6 Å². The first-order valence-corrected chi connectivity index (χ1v) is 6.46. The summed E-state index contributed by atoms with van der Waals surface area (Å²) >= 11 is 0. The largest absolute Gasteiger partial charge is 0.383 e. The molecule has 0 saturated carbocycles. The molecule has 0 aliphatic carbocycles. The molecule has 18 heavy (non-hydrogen) atoms. The molecule has 0 radical (unpaired) electrons. The summed E-state index contributed by atoms with van der Waals surface area (Å²) in [6.07, 6.45) is 0. The molecule has 0 heterocycles. The molecule has 0 aliphatic rings. The van der Waals surface area contributed by atoms with Crippen molar-refractivity contribution in [1.29, 1.82) is 0 Å². The summed E-state index contributed by atoms with van der Waals surface area (Å²) < 4.78 is 19.1. The zero-order chi connectivity index (χ0) is 13.7. The highest BCUT2D eigenvalue weighted by Crippen LogP contribution is 2.26. The summed E-state index contributed by atoms with van der Waals surface area (Å²) in [7, 11) is 1.68. The monoisotopic (exact) mass is 253 g/mol. The summed E-state index contributed by atoms with van der Waals surface area (Å²) in [5.41, 5.74) is 2.82. The van der Waals surface area contributed by atoms with Crippen LogP contribution in [0, 0.1) is 19.7 Å². The first-order chi connectivity index (χ1) is 8.47. The molecule has 3 heteroatoms. The maximum atomic E-state index is 14.1. The van der Waals surface area contributed by atoms with Gasteiger partial charge in [0.1, 0.15) is 5.82 Å². The zero-order valence-electron chi connectivity index (χ0n) is 12.0. The fraction of sp³-hybridized carbons (Fsp3) is 0.600. The molecule has 102 valence electrons. The summed E-state index contributed by atoms with van der Waals surface area (Å²) in [6.45, 7) is 9.50. The number of aryl methyl sites for hydroxylation is 2. The molecular formula is C15H24FNO. The van der Waals surface area contributed by atoms with Gasteiger partial charge < -0.3 is 10.1 Å². The normalized spacial score (nSPS) is 14.6. The average molecular weight is 253 g/mol. The molecule has 1 aromatic rings. The van der Waals surface area contributed by atoms with E-state index in [9.17, 15) is 4.39 Å². The van der Waals surface area contributed by atoms with Crippen molar-refractivity contribution in [1.82, 2.24) is 5.32 Å². The van der Waals surface area contributed by atoms with Gasteiger partial charge in [-0.2, -0.15) is 0 Å². The van der Waals surface area contributed by atoms with Gasteiger partial charge in [-0.3, -0.25) is 0 Å². The lowest BCUT2D eigenvalue weighted by Gasteiger charge is -2.24. The van der Waals surface area contributed by atoms with E-state index >= 15 is 0 Å². The van der Waals surface area contributed by atoms with Gasteiger partial charge in [0.25, 0.3) is 0 Å². The summed E-state index contributed by atoms with van der Waals surface area (Å²) in [5.74, 6) is 0.0443. The Kier molecular flexibility index (Phi) is 5.76. The van der Waals surface area contributed by atoms with E-state index in [2.05, 4.69) is 19.2 Å². The van der Waals surface area contributed by atoms with Crippen LogP contribution >= 0.6 is 0 Å². The molecule has 0 fully saturated rings. The predicted molar refractivity (Wildman–Crippen MR) is 73.6 cm³/mol. The van der Waals surface area contributed by atoms with Gasteiger partial charge in [-0.05, 0) is 49.4 Å². The summed E-state index contributed by atoms with van der Waals surface area (Å²) in [6, 6.07) is 3.87. The van der Waals surface area contributed by atoms with Crippen molar-refractivity contribution in [2.75, 3.05) is 20.3 Å². The number of nitrogens with one attached hydrogen (secondary N) is 1. The van der Waals surface area contributed by atoms with E-state index in [4.69, 9.17) is 4.74 Å². The van der Waals surface area contributed by atoms with Crippen LogP contribution in [-0.4, -0.2) is 26.3 Å². The van der Waals surface area contributed by atoms with E-state index in [0.717, 1.165) is 23.2 Å². The second kappa shape index (κ2) is 6.86. The van der Waals surface area contributed by atoms with Crippen molar-refractivity contribution in [3.63, 3.8) is 0 Å². The van der Waals surface area contributed by atoms with E-state index in [1.807, 2.05) is 19.9 Å². The van der Waals surface area contributed by atoms with Crippen LogP contribution in [-0.2, 0) is 4.74 Å². The van der Waals surface area contributed by atoms with Crippen LogP contribution in [0.15, 0.2) is 12.1 Å². The molecule has 2 unspecified atom stereocenters. The first kappa shape index (κ1) is 15.1. The van der Waals surface area contributed by atoms with Crippen LogP contribution in [0.5, 0.6) is 0 Å². The molecule has 1 aromatic carbocycles. The third kappa shape index (κ3) is 3.79. The van der Waals surface area contributed by atoms with Gasteiger partial charge in [-0.1, -0.05) is 13.0 Å². The Bertz CT molecular complexity index is 369. The van der Waals surface area contributed by atoms with E-state index in [-0.39, 0.29) is 17.8 Å². The maximum Gasteiger partial charge on any atom is 0.127 e. The van der Waals surface area contributed by atoms with E-state index in [0.29, 0.717) is 6.61 Å². The van der Waals surface area contributed by atoms with Crippen molar-refractivity contribution in [3.8, 4) is 0 Å². The summed E-state index contributed by atoms with van der Waals surface area (Å²) in [5, 5.41) is 3.36. The van der Waals surface area contributed by atoms with E-state index < -0.39 is 0 Å². The topological polar surface area (TPSA) is 21.3 Å². The Morgan fingerprint density at radius 2 is 1.94 bits per heavy atom. The number of rotatable bonds is 6. The van der Waals surface area contributed by atoms with Gasteiger partial charge in [0.05, 0.1) is 6.61 Å². The van der Waals surface area contributed by atoms with Crippen molar-refractivity contribution >= 4 is 0 Å². The fourth-order valence-electron chi connectivity index (χ4n) is 2.32. The van der Waals surface area contributed by atoms with E-state index in [1.54, 1.807) is 13.2 Å². The van der Waals surface area contributed by atoms with Crippen LogP contribution < -0.4 is 5.32 Å². The first-order valence-electron chi connectivity index (χ1n) is 6.46. The van der Waals surface area contributed by atoms with E-state index in [1.165, 1.54) is 0 Å². The molecule has 0 aliphatic heterocycles. The third-order valence-electron chi connectivity index (χ3n) is 3.46. The highest BCUT2D eigenvalue weighted by molar-refractivity contribution is 5.35. The van der Waals surface area contributed by atoms with Crippen molar-refractivity contribution < 1.29 is 9.13 Å². The number of benzene rings is 1. The van der Waals surface area contributed by atoms with Crippen molar-refractivity contribution in [2.24, 2.45) is 0 Å². The average Bonchev–Trinajstić information content (AvgIpc) is 2.27. The van der Waals surface area contributed by atoms with Crippen LogP contribution in [0.25, 0.3) is 0 Å². The Morgan fingerprint density at radius 1 is 1.28 bits per heavy atom. The highest BCUT2D eigenvalue weighted by Gasteiger charge is 2.19. The van der Waals surface area contributed by atoms with Gasteiger partial charge in [-0.25, -0.2) is 4.39 Å². The smallest absolute Gasteiger partial charge is 0.127 e. The predicted octanol–water partition coefficient (Wildman–Crippen LogP) is 3.17. The van der Waals surface area contributed by atoms with Crippen LogP contribution in [0.1, 0.15) is 36.5 Å². The number of hydrogen-bond donors (Lipinski definition) is 1. The molecule has 0 spiro atoms. The van der Waals surface area contributed by atoms with Gasteiger partial charge in [0.15, 0.2) is 0 Å². The Labute approximate surface area is 110 Å². The molecule has 0 amide bonds. The Hall–Kier alpha value is -0.930. The quantitative estimate of drug-likeness (QED) is 0.786. The summed E-state index contributed by atoms with van der Waals surface area (Å²) in [4.78, 5) is 0. The highest BCUT2D eigenvalue weighted by atomic mass is 19.1. The lowest BCUT2D eigenvalue weighted by atomic mass is 9.89.